The van der Waals surface area contributed by atoms with Crippen LogP contribution in [0.3, 0.4) is 0 Å². The van der Waals surface area contributed by atoms with E-state index >= 15 is 0 Å². The van der Waals surface area contributed by atoms with Crippen LogP contribution in [0.1, 0.15) is 25.1 Å². The number of ether oxygens (including phenoxy) is 1. The molecule has 1 heterocycles. The first-order chi connectivity index (χ1) is 8.69. The van der Waals surface area contributed by atoms with Crippen molar-refractivity contribution < 1.29 is 4.74 Å². The van der Waals surface area contributed by atoms with E-state index in [1.165, 1.54) is 0 Å². The molecule has 0 spiro atoms. The van der Waals surface area contributed by atoms with Crippen molar-refractivity contribution in [1.82, 2.24) is 4.98 Å². The lowest BCUT2D eigenvalue weighted by Gasteiger charge is -2.09. The molecule has 2 rings (SSSR count). The predicted octanol–water partition coefficient (Wildman–Crippen LogP) is 3.94. The van der Waals surface area contributed by atoms with Gasteiger partial charge in [-0.1, -0.05) is 18.5 Å². The molecule has 18 heavy (non-hydrogen) atoms. The van der Waals surface area contributed by atoms with Gasteiger partial charge >= 0.3 is 0 Å². The van der Waals surface area contributed by atoms with Gasteiger partial charge in [-0.15, -0.1) is 0 Å². The summed E-state index contributed by atoms with van der Waals surface area (Å²) < 4.78 is 5.64. The third-order valence-corrected chi connectivity index (χ3v) is 2.88. The second kappa shape index (κ2) is 5.85. The van der Waals surface area contributed by atoms with Gasteiger partial charge in [0.1, 0.15) is 11.5 Å². The lowest BCUT2D eigenvalue weighted by molar-refractivity contribution is 0.479. The van der Waals surface area contributed by atoms with Crippen molar-refractivity contribution in [3.05, 3.63) is 53.3 Å². The van der Waals surface area contributed by atoms with E-state index < -0.39 is 0 Å². The van der Waals surface area contributed by atoms with Crippen LogP contribution < -0.4 is 10.5 Å². The van der Waals surface area contributed by atoms with Crippen LogP contribution in [-0.2, 0) is 0 Å². The maximum atomic E-state index is 5.90. The van der Waals surface area contributed by atoms with Crippen molar-refractivity contribution in [2.75, 3.05) is 0 Å². The molecule has 0 saturated heterocycles. The minimum absolute atomic E-state index is 0.0189. The number of pyridine rings is 1. The Hall–Kier alpha value is -1.58. The molecule has 0 aliphatic rings. The number of hydrogen-bond acceptors (Lipinski definition) is 3. The summed E-state index contributed by atoms with van der Waals surface area (Å²) in [5.41, 5.74) is 6.77. The monoisotopic (exact) mass is 262 g/mol. The maximum Gasteiger partial charge on any atom is 0.145 e. The van der Waals surface area contributed by atoms with Crippen LogP contribution in [-0.4, -0.2) is 4.98 Å². The van der Waals surface area contributed by atoms with Gasteiger partial charge in [0.05, 0.1) is 11.9 Å². The zero-order valence-corrected chi connectivity index (χ0v) is 10.9. The Balaban J connectivity index is 2.08. The molecule has 0 saturated carbocycles. The molecule has 1 unspecified atom stereocenters. The molecule has 0 amide bonds. The van der Waals surface area contributed by atoms with E-state index in [1.54, 1.807) is 18.3 Å². The van der Waals surface area contributed by atoms with E-state index in [1.807, 2.05) is 31.2 Å². The van der Waals surface area contributed by atoms with Crippen LogP contribution in [0.15, 0.2) is 42.6 Å². The lowest BCUT2D eigenvalue weighted by Crippen LogP contribution is -2.10. The van der Waals surface area contributed by atoms with Crippen LogP contribution in [0.2, 0.25) is 5.02 Å². The summed E-state index contributed by atoms with van der Waals surface area (Å²) in [5, 5.41) is 0.685. The van der Waals surface area contributed by atoms with Crippen molar-refractivity contribution in [3.8, 4) is 11.5 Å². The van der Waals surface area contributed by atoms with E-state index in [4.69, 9.17) is 22.1 Å². The van der Waals surface area contributed by atoms with Crippen LogP contribution in [0.25, 0.3) is 0 Å². The van der Waals surface area contributed by atoms with E-state index in [2.05, 4.69) is 4.98 Å². The highest BCUT2D eigenvalue weighted by Crippen LogP contribution is 2.23. The third-order valence-electron chi connectivity index (χ3n) is 2.63. The maximum absolute atomic E-state index is 5.90. The van der Waals surface area contributed by atoms with E-state index in [9.17, 15) is 0 Å². The molecule has 3 nitrogen and oxygen atoms in total. The Labute approximate surface area is 112 Å². The van der Waals surface area contributed by atoms with Gasteiger partial charge in [0.2, 0.25) is 0 Å². The summed E-state index contributed by atoms with van der Waals surface area (Å²) in [6, 6.07) is 10.9. The minimum Gasteiger partial charge on any atom is -0.456 e. The van der Waals surface area contributed by atoms with Gasteiger partial charge in [0.15, 0.2) is 0 Å². The second-order valence-electron chi connectivity index (χ2n) is 3.99. The van der Waals surface area contributed by atoms with Crippen LogP contribution >= 0.6 is 11.6 Å². The van der Waals surface area contributed by atoms with E-state index in [0.29, 0.717) is 10.8 Å². The summed E-state index contributed by atoms with van der Waals surface area (Å²) in [6.07, 6.45) is 2.55. The number of benzene rings is 1. The zero-order chi connectivity index (χ0) is 13.0. The molecule has 4 heteroatoms. The fraction of sp³-hybridized carbons (Fsp3) is 0.214. The SMILES string of the molecule is CCC(N)c1ccc(Oc2ccc(Cl)cc2)cn1. The Kier molecular flexibility index (Phi) is 4.18. The largest absolute Gasteiger partial charge is 0.456 e. The van der Waals surface area contributed by atoms with E-state index in [0.717, 1.165) is 17.9 Å². The van der Waals surface area contributed by atoms with Crippen LogP contribution in [0.4, 0.5) is 0 Å². The summed E-state index contributed by atoms with van der Waals surface area (Å²) in [4.78, 5) is 4.29. The van der Waals surface area contributed by atoms with Crippen molar-refractivity contribution >= 4 is 11.6 Å². The topological polar surface area (TPSA) is 48.1 Å². The normalized spacial score (nSPS) is 12.2. The number of aromatic nitrogens is 1. The van der Waals surface area contributed by atoms with Crippen LogP contribution in [0.5, 0.6) is 11.5 Å². The molecule has 1 atom stereocenters. The molecular formula is C14H15ClN2O. The molecule has 0 bridgehead atoms. The van der Waals surface area contributed by atoms with Crippen molar-refractivity contribution in [1.29, 1.82) is 0 Å². The summed E-state index contributed by atoms with van der Waals surface area (Å²) in [5.74, 6) is 1.41. The Morgan fingerprint density at radius 1 is 1.17 bits per heavy atom. The minimum atomic E-state index is -0.0189. The van der Waals surface area contributed by atoms with Gasteiger partial charge < -0.3 is 10.5 Å². The molecule has 1 aromatic heterocycles. The van der Waals surface area contributed by atoms with Gasteiger partial charge in [-0.2, -0.15) is 0 Å². The Bertz CT molecular complexity index is 496. The molecule has 94 valence electrons. The fourth-order valence-electron chi connectivity index (χ4n) is 1.52. The van der Waals surface area contributed by atoms with Gasteiger partial charge in [-0.05, 0) is 42.8 Å². The molecule has 0 radical (unpaired) electrons. The lowest BCUT2D eigenvalue weighted by atomic mass is 10.1. The van der Waals surface area contributed by atoms with Crippen molar-refractivity contribution in [3.63, 3.8) is 0 Å². The number of rotatable bonds is 4. The molecule has 2 aromatic rings. The number of halogens is 1. The smallest absolute Gasteiger partial charge is 0.145 e. The highest BCUT2D eigenvalue weighted by atomic mass is 35.5. The average Bonchev–Trinajstić information content (AvgIpc) is 2.41. The summed E-state index contributed by atoms with van der Waals surface area (Å²) in [7, 11) is 0. The van der Waals surface area contributed by atoms with E-state index in [-0.39, 0.29) is 6.04 Å². The summed E-state index contributed by atoms with van der Waals surface area (Å²) in [6.45, 7) is 2.03. The molecule has 1 aromatic carbocycles. The summed E-state index contributed by atoms with van der Waals surface area (Å²) >= 11 is 5.80. The van der Waals surface area contributed by atoms with Gasteiger partial charge in [0.25, 0.3) is 0 Å². The van der Waals surface area contributed by atoms with Gasteiger partial charge in [0, 0.05) is 11.1 Å². The van der Waals surface area contributed by atoms with Crippen molar-refractivity contribution in [2.45, 2.75) is 19.4 Å². The molecule has 2 N–H and O–H groups in total. The van der Waals surface area contributed by atoms with Gasteiger partial charge in [-0.25, -0.2) is 0 Å². The standard InChI is InChI=1S/C14H15ClN2O/c1-2-13(16)14-8-7-12(9-17-14)18-11-5-3-10(15)4-6-11/h3-9,13H,2,16H2,1H3. The number of hydrogen-bond donors (Lipinski definition) is 1. The van der Waals surface area contributed by atoms with Gasteiger partial charge in [-0.3, -0.25) is 4.98 Å². The average molecular weight is 263 g/mol. The zero-order valence-electron chi connectivity index (χ0n) is 10.1. The first-order valence-corrected chi connectivity index (χ1v) is 6.22. The Morgan fingerprint density at radius 3 is 2.39 bits per heavy atom. The quantitative estimate of drug-likeness (QED) is 0.908. The highest BCUT2D eigenvalue weighted by molar-refractivity contribution is 6.30. The Morgan fingerprint density at radius 2 is 1.83 bits per heavy atom. The molecule has 0 aliphatic carbocycles. The predicted molar refractivity (Wildman–Crippen MR) is 73.0 cm³/mol. The highest BCUT2D eigenvalue weighted by Gasteiger charge is 2.05. The fourth-order valence-corrected chi connectivity index (χ4v) is 1.65. The second-order valence-corrected chi connectivity index (χ2v) is 4.43. The van der Waals surface area contributed by atoms with Crippen molar-refractivity contribution in [2.24, 2.45) is 5.73 Å². The molecular weight excluding hydrogens is 248 g/mol. The third kappa shape index (κ3) is 3.22. The number of nitrogens with two attached hydrogens (primary N) is 1. The van der Waals surface area contributed by atoms with Crippen LogP contribution in [0, 0.1) is 0 Å². The molecule has 0 aliphatic heterocycles. The molecule has 0 fully saturated rings. The first-order valence-electron chi connectivity index (χ1n) is 5.84. The first kappa shape index (κ1) is 12.9. The number of nitrogens with zero attached hydrogens (tertiary/aromatic N) is 1.